The fourth-order valence-electron chi connectivity index (χ4n) is 3.08. The average Bonchev–Trinajstić information content (AvgIpc) is 3.01. The van der Waals surface area contributed by atoms with Gasteiger partial charge in [0.05, 0.1) is 24.0 Å². The molecule has 2 saturated heterocycles. The fourth-order valence-corrected chi connectivity index (χ4v) is 3.44. The summed E-state index contributed by atoms with van der Waals surface area (Å²) in [5, 5.41) is 12.1. The Morgan fingerprint density at radius 2 is 1.75 bits per heavy atom. The standard InChI is InChI=1S/C14H14INO4/c15-7-1-3-8(4-2-7)16-13(17)11-9-5-6-10(20-9)12(11)14(18)19/h1-4,9-12H,5-6H2,(H,16,17)(H,18,19)/t9-,10-,11-,12-/m0/s1. The topological polar surface area (TPSA) is 75.6 Å². The lowest BCUT2D eigenvalue weighted by Gasteiger charge is -2.23. The molecule has 2 aliphatic heterocycles. The molecule has 1 aromatic rings. The lowest BCUT2D eigenvalue weighted by molar-refractivity contribution is -0.147. The van der Waals surface area contributed by atoms with Gasteiger partial charge in [-0.3, -0.25) is 9.59 Å². The van der Waals surface area contributed by atoms with Crippen molar-refractivity contribution in [3.63, 3.8) is 0 Å². The Balaban J connectivity index is 1.76. The zero-order valence-electron chi connectivity index (χ0n) is 10.6. The molecule has 1 amide bonds. The van der Waals surface area contributed by atoms with Crippen molar-refractivity contribution in [2.24, 2.45) is 11.8 Å². The van der Waals surface area contributed by atoms with Crippen molar-refractivity contribution in [3.8, 4) is 0 Å². The Labute approximate surface area is 129 Å². The van der Waals surface area contributed by atoms with E-state index in [9.17, 15) is 14.7 Å². The molecule has 2 bridgehead atoms. The van der Waals surface area contributed by atoms with Crippen LogP contribution in [0.4, 0.5) is 5.69 Å². The molecule has 0 aromatic heterocycles. The number of aliphatic carboxylic acids is 1. The molecule has 0 radical (unpaired) electrons. The number of nitrogens with one attached hydrogen (secondary N) is 1. The first-order chi connectivity index (χ1) is 9.56. The summed E-state index contributed by atoms with van der Waals surface area (Å²) in [7, 11) is 0. The highest BCUT2D eigenvalue weighted by molar-refractivity contribution is 14.1. The Hall–Kier alpha value is -1.15. The van der Waals surface area contributed by atoms with Gasteiger partial charge in [0.2, 0.25) is 5.91 Å². The highest BCUT2D eigenvalue weighted by Crippen LogP contribution is 2.44. The first-order valence-electron chi connectivity index (χ1n) is 6.51. The predicted octanol–water partition coefficient (Wildman–Crippen LogP) is 2.11. The summed E-state index contributed by atoms with van der Waals surface area (Å²) in [6, 6.07) is 7.40. The van der Waals surface area contributed by atoms with Crippen molar-refractivity contribution in [1.82, 2.24) is 0 Å². The van der Waals surface area contributed by atoms with E-state index in [1.54, 1.807) is 0 Å². The Morgan fingerprint density at radius 3 is 2.35 bits per heavy atom. The molecule has 1 aromatic carbocycles. The molecule has 6 heteroatoms. The lowest BCUT2D eigenvalue weighted by atomic mass is 9.78. The maximum absolute atomic E-state index is 12.3. The number of carboxylic acid groups (broad SMARTS) is 1. The number of hydrogen-bond donors (Lipinski definition) is 2. The number of benzene rings is 1. The molecule has 0 saturated carbocycles. The van der Waals surface area contributed by atoms with Crippen molar-refractivity contribution in [1.29, 1.82) is 0 Å². The van der Waals surface area contributed by atoms with Crippen LogP contribution in [-0.2, 0) is 14.3 Å². The first-order valence-corrected chi connectivity index (χ1v) is 7.59. The minimum Gasteiger partial charge on any atom is -0.481 e. The van der Waals surface area contributed by atoms with Crippen molar-refractivity contribution in [3.05, 3.63) is 27.8 Å². The molecule has 3 rings (SSSR count). The maximum atomic E-state index is 12.3. The molecule has 20 heavy (non-hydrogen) atoms. The summed E-state index contributed by atoms with van der Waals surface area (Å²) in [4.78, 5) is 23.7. The second-order valence-electron chi connectivity index (χ2n) is 5.18. The number of carboxylic acids is 1. The van der Waals surface area contributed by atoms with Gasteiger partial charge in [-0.05, 0) is 59.7 Å². The normalized spacial score (nSPS) is 31.2. The van der Waals surface area contributed by atoms with Gasteiger partial charge in [0.25, 0.3) is 0 Å². The Kier molecular flexibility index (Phi) is 3.68. The van der Waals surface area contributed by atoms with Gasteiger partial charge in [-0.2, -0.15) is 0 Å². The second-order valence-corrected chi connectivity index (χ2v) is 6.42. The number of carbonyl (C=O) groups is 2. The van der Waals surface area contributed by atoms with Crippen molar-refractivity contribution in [2.75, 3.05) is 5.32 Å². The molecule has 0 spiro atoms. The lowest BCUT2D eigenvalue weighted by Crippen LogP contribution is -2.40. The third kappa shape index (κ3) is 2.42. The van der Waals surface area contributed by atoms with Crippen molar-refractivity contribution >= 4 is 40.2 Å². The average molecular weight is 387 g/mol. The SMILES string of the molecule is O=C(O)[C@@H]1[C@@H](C(=O)Nc2ccc(I)cc2)[C@@H]2CC[C@@H]1O2. The van der Waals surface area contributed by atoms with Gasteiger partial charge >= 0.3 is 5.97 Å². The van der Waals surface area contributed by atoms with E-state index < -0.39 is 17.8 Å². The fraction of sp³-hybridized carbons (Fsp3) is 0.429. The zero-order valence-corrected chi connectivity index (χ0v) is 12.7. The van der Waals surface area contributed by atoms with Crippen LogP contribution in [0.15, 0.2) is 24.3 Å². The highest BCUT2D eigenvalue weighted by Gasteiger charge is 2.55. The number of fused-ring (bicyclic) bond motifs is 2. The summed E-state index contributed by atoms with van der Waals surface area (Å²) in [6.07, 6.45) is 0.920. The van der Waals surface area contributed by atoms with E-state index >= 15 is 0 Å². The monoisotopic (exact) mass is 387 g/mol. The molecular weight excluding hydrogens is 373 g/mol. The summed E-state index contributed by atoms with van der Waals surface area (Å²) < 4.78 is 6.67. The van der Waals surface area contributed by atoms with Crippen LogP contribution in [0, 0.1) is 15.4 Å². The summed E-state index contributed by atoms with van der Waals surface area (Å²) in [6.45, 7) is 0. The number of rotatable bonds is 3. The third-order valence-corrected chi connectivity index (χ3v) is 4.69. The molecule has 2 heterocycles. The van der Waals surface area contributed by atoms with E-state index in [1.807, 2.05) is 24.3 Å². The molecule has 2 N–H and O–H groups in total. The molecular formula is C14H14INO4. The second kappa shape index (κ2) is 5.33. The van der Waals surface area contributed by atoms with Gasteiger partial charge in [0.15, 0.2) is 0 Å². The van der Waals surface area contributed by atoms with Gasteiger partial charge in [0.1, 0.15) is 0 Å². The number of hydrogen-bond acceptors (Lipinski definition) is 3. The van der Waals surface area contributed by atoms with Crippen LogP contribution in [0.1, 0.15) is 12.8 Å². The summed E-state index contributed by atoms with van der Waals surface area (Å²) in [5.41, 5.74) is 0.683. The molecule has 0 unspecified atom stereocenters. The van der Waals surface area contributed by atoms with Crippen LogP contribution in [0.3, 0.4) is 0 Å². The number of ether oxygens (including phenoxy) is 1. The largest absolute Gasteiger partial charge is 0.481 e. The summed E-state index contributed by atoms with van der Waals surface area (Å²) >= 11 is 2.18. The minimum absolute atomic E-state index is 0.259. The first kappa shape index (κ1) is 13.8. The van der Waals surface area contributed by atoms with Gasteiger partial charge in [-0.25, -0.2) is 0 Å². The highest BCUT2D eigenvalue weighted by atomic mass is 127. The number of anilines is 1. The van der Waals surface area contributed by atoms with Crippen molar-refractivity contribution in [2.45, 2.75) is 25.0 Å². The number of halogens is 1. The Bertz CT molecular complexity index is 545. The Morgan fingerprint density at radius 1 is 1.15 bits per heavy atom. The molecule has 2 aliphatic rings. The van der Waals surface area contributed by atoms with E-state index in [0.717, 1.165) is 16.4 Å². The van der Waals surface area contributed by atoms with Gasteiger partial charge in [0, 0.05) is 9.26 Å². The van der Waals surface area contributed by atoms with Gasteiger partial charge in [-0.15, -0.1) is 0 Å². The van der Waals surface area contributed by atoms with Crippen molar-refractivity contribution < 1.29 is 19.4 Å². The smallest absolute Gasteiger partial charge is 0.310 e. The van der Waals surface area contributed by atoms with Crippen LogP contribution < -0.4 is 5.32 Å². The van der Waals surface area contributed by atoms with Crippen LogP contribution in [-0.4, -0.2) is 29.2 Å². The van der Waals surface area contributed by atoms with E-state index in [1.165, 1.54) is 0 Å². The molecule has 4 atom stereocenters. The van der Waals surface area contributed by atoms with Crippen LogP contribution in [0.25, 0.3) is 0 Å². The maximum Gasteiger partial charge on any atom is 0.310 e. The molecule has 0 aliphatic carbocycles. The molecule has 2 fully saturated rings. The predicted molar refractivity (Wildman–Crippen MR) is 80.3 cm³/mol. The molecule has 106 valence electrons. The van der Waals surface area contributed by atoms with Gasteiger partial charge < -0.3 is 15.2 Å². The number of amides is 1. The van der Waals surface area contributed by atoms with Gasteiger partial charge in [-0.1, -0.05) is 0 Å². The number of carbonyl (C=O) groups excluding carboxylic acids is 1. The van der Waals surface area contributed by atoms with Crippen LogP contribution >= 0.6 is 22.6 Å². The van der Waals surface area contributed by atoms with Crippen LogP contribution in [0.5, 0.6) is 0 Å². The van der Waals surface area contributed by atoms with E-state index in [4.69, 9.17) is 4.74 Å². The minimum atomic E-state index is -0.944. The third-order valence-electron chi connectivity index (χ3n) is 3.97. The van der Waals surface area contributed by atoms with E-state index in [2.05, 4.69) is 27.9 Å². The summed E-state index contributed by atoms with van der Waals surface area (Å²) in [5.74, 6) is -2.52. The zero-order chi connectivity index (χ0) is 14.3. The van der Waals surface area contributed by atoms with Crippen LogP contribution in [0.2, 0.25) is 0 Å². The van der Waals surface area contributed by atoms with E-state index in [0.29, 0.717) is 5.69 Å². The molecule has 5 nitrogen and oxygen atoms in total. The quantitative estimate of drug-likeness (QED) is 0.780. The van der Waals surface area contributed by atoms with E-state index in [-0.39, 0.29) is 18.1 Å².